The molecule has 1 atom stereocenters. The number of rotatable bonds is 7. The Morgan fingerprint density at radius 2 is 2.03 bits per heavy atom. The van der Waals surface area contributed by atoms with Crippen LogP contribution in [-0.4, -0.2) is 44.6 Å². The highest BCUT2D eigenvalue weighted by atomic mass is 32.1. The highest BCUT2D eigenvalue weighted by Gasteiger charge is 2.33. The molecule has 1 fully saturated rings. The van der Waals surface area contributed by atoms with Gasteiger partial charge in [-0.05, 0) is 37.8 Å². The second-order valence-corrected chi connectivity index (χ2v) is 9.14. The van der Waals surface area contributed by atoms with Crippen molar-refractivity contribution in [2.75, 3.05) is 13.7 Å². The summed E-state index contributed by atoms with van der Waals surface area (Å²) >= 11 is 1.59. The van der Waals surface area contributed by atoms with Gasteiger partial charge in [-0.3, -0.25) is 4.79 Å². The normalized spacial score (nSPS) is 15.6. The molecule has 3 aromatic heterocycles. The van der Waals surface area contributed by atoms with E-state index in [0.717, 1.165) is 30.0 Å². The number of benzene rings is 1. The Morgan fingerprint density at radius 3 is 2.79 bits per heavy atom. The van der Waals surface area contributed by atoms with Crippen LogP contribution in [0.15, 0.2) is 52.3 Å². The molecule has 0 radical (unpaired) electrons. The lowest BCUT2D eigenvalue weighted by Crippen LogP contribution is -2.31. The van der Waals surface area contributed by atoms with E-state index in [1.54, 1.807) is 23.5 Å². The van der Waals surface area contributed by atoms with Crippen molar-refractivity contribution in [1.29, 1.82) is 0 Å². The van der Waals surface area contributed by atoms with Crippen molar-refractivity contribution in [3.8, 4) is 17.3 Å². The minimum atomic E-state index is -0.153. The first-order valence-corrected chi connectivity index (χ1v) is 12.1. The zero-order chi connectivity index (χ0) is 23.5. The maximum Gasteiger partial charge on any atom is 0.273 e. The fourth-order valence-electron chi connectivity index (χ4n) is 4.15. The first-order valence-electron chi connectivity index (χ1n) is 11.3. The first-order chi connectivity index (χ1) is 16.6. The summed E-state index contributed by atoms with van der Waals surface area (Å²) in [6.07, 6.45) is 3.26. The third kappa shape index (κ3) is 4.70. The van der Waals surface area contributed by atoms with Crippen molar-refractivity contribution in [2.24, 2.45) is 0 Å². The lowest BCUT2D eigenvalue weighted by atomic mass is 10.1. The van der Waals surface area contributed by atoms with Crippen LogP contribution in [0.3, 0.4) is 0 Å². The van der Waals surface area contributed by atoms with E-state index in [1.165, 1.54) is 12.7 Å². The SMILES string of the molecule is COc1cc(-c2nnc(CCc3ccccc3)o2)cc(C(=O)N2CCCC2c2nc(C)cs2)n1. The van der Waals surface area contributed by atoms with E-state index in [-0.39, 0.29) is 11.9 Å². The zero-order valence-corrected chi connectivity index (χ0v) is 19.9. The highest BCUT2D eigenvalue weighted by Crippen LogP contribution is 2.35. The summed E-state index contributed by atoms with van der Waals surface area (Å²) in [5, 5.41) is 11.4. The fourth-order valence-corrected chi connectivity index (χ4v) is 5.09. The maximum atomic E-state index is 13.5. The average Bonchev–Trinajstić information content (AvgIpc) is 3.63. The monoisotopic (exact) mass is 475 g/mol. The van der Waals surface area contributed by atoms with Crippen molar-refractivity contribution in [1.82, 2.24) is 25.1 Å². The van der Waals surface area contributed by atoms with Crippen molar-refractivity contribution in [3.63, 3.8) is 0 Å². The van der Waals surface area contributed by atoms with Crippen molar-refractivity contribution >= 4 is 17.2 Å². The van der Waals surface area contributed by atoms with Gasteiger partial charge in [0, 0.05) is 35.7 Å². The summed E-state index contributed by atoms with van der Waals surface area (Å²) in [7, 11) is 1.52. The van der Waals surface area contributed by atoms with E-state index in [2.05, 4.69) is 32.3 Å². The van der Waals surface area contributed by atoms with Crippen LogP contribution in [-0.2, 0) is 12.8 Å². The number of thiazole rings is 1. The molecule has 0 aliphatic carbocycles. The van der Waals surface area contributed by atoms with Gasteiger partial charge in [0.15, 0.2) is 0 Å². The Bertz CT molecular complexity index is 1290. The fraction of sp³-hybridized carbons (Fsp3) is 0.320. The summed E-state index contributed by atoms with van der Waals surface area (Å²) in [4.78, 5) is 24.3. The third-order valence-corrected chi connectivity index (χ3v) is 6.91. The quantitative estimate of drug-likeness (QED) is 0.383. The van der Waals surface area contributed by atoms with Gasteiger partial charge in [0.25, 0.3) is 5.91 Å². The standard InChI is InChI=1S/C25H25N5O3S/c1-16-15-34-24(26-16)20-9-6-12-30(20)25(31)19-13-18(14-22(27-19)32-2)23-29-28-21(33-23)11-10-17-7-4-3-5-8-17/h3-5,7-8,13-15,20H,6,9-12H2,1-2H3. The third-order valence-electron chi connectivity index (χ3n) is 5.85. The van der Waals surface area contributed by atoms with Crippen LogP contribution in [0.5, 0.6) is 5.88 Å². The minimum Gasteiger partial charge on any atom is -0.481 e. The van der Waals surface area contributed by atoms with Gasteiger partial charge in [-0.15, -0.1) is 21.5 Å². The number of hydrogen-bond donors (Lipinski definition) is 0. The minimum absolute atomic E-state index is 0.0318. The lowest BCUT2D eigenvalue weighted by molar-refractivity contribution is 0.0728. The lowest BCUT2D eigenvalue weighted by Gasteiger charge is -2.23. The van der Waals surface area contributed by atoms with Crippen LogP contribution in [0, 0.1) is 6.92 Å². The van der Waals surface area contributed by atoms with Crippen LogP contribution < -0.4 is 4.74 Å². The highest BCUT2D eigenvalue weighted by molar-refractivity contribution is 7.09. The zero-order valence-electron chi connectivity index (χ0n) is 19.1. The molecule has 1 saturated heterocycles. The topological polar surface area (TPSA) is 94.2 Å². The van der Waals surface area contributed by atoms with E-state index >= 15 is 0 Å². The molecule has 1 amide bonds. The van der Waals surface area contributed by atoms with Gasteiger partial charge in [0.05, 0.1) is 13.2 Å². The Morgan fingerprint density at radius 1 is 1.18 bits per heavy atom. The van der Waals surface area contributed by atoms with Gasteiger partial charge in [-0.1, -0.05) is 30.3 Å². The number of carbonyl (C=O) groups excluding carboxylic acids is 1. The van der Waals surface area contributed by atoms with Crippen molar-refractivity contribution < 1.29 is 13.9 Å². The summed E-state index contributed by atoms with van der Waals surface area (Å²) in [6, 6.07) is 13.5. The first kappa shape index (κ1) is 22.2. The number of hydrogen-bond acceptors (Lipinski definition) is 8. The van der Waals surface area contributed by atoms with Crippen molar-refractivity contribution in [3.05, 3.63) is 75.7 Å². The number of pyridine rings is 1. The predicted molar refractivity (Wildman–Crippen MR) is 128 cm³/mol. The number of ether oxygens (including phenoxy) is 1. The number of amides is 1. The number of likely N-dealkylation sites (tertiary alicyclic amines) is 1. The molecular weight excluding hydrogens is 450 g/mol. The van der Waals surface area contributed by atoms with Crippen LogP contribution in [0.2, 0.25) is 0 Å². The summed E-state index contributed by atoms with van der Waals surface area (Å²) in [6.45, 7) is 2.63. The Hall–Kier alpha value is -3.59. The van der Waals surface area contributed by atoms with E-state index in [1.807, 2.05) is 35.4 Å². The largest absolute Gasteiger partial charge is 0.481 e. The molecule has 1 aliphatic rings. The Labute approximate surface area is 201 Å². The van der Waals surface area contributed by atoms with E-state index in [0.29, 0.717) is 41.9 Å². The molecule has 0 spiro atoms. The maximum absolute atomic E-state index is 13.5. The molecule has 34 heavy (non-hydrogen) atoms. The molecule has 4 heterocycles. The summed E-state index contributed by atoms with van der Waals surface area (Å²) in [5.74, 6) is 1.05. The van der Waals surface area contributed by atoms with E-state index in [4.69, 9.17) is 9.15 Å². The van der Waals surface area contributed by atoms with Crippen LogP contribution in [0.25, 0.3) is 11.5 Å². The van der Waals surface area contributed by atoms with Crippen LogP contribution in [0.1, 0.15) is 51.5 Å². The summed E-state index contributed by atoms with van der Waals surface area (Å²) < 4.78 is 11.3. The second kappa shape index (κ2) is 9.72. The molecular formula is C25H25N5O3S. The van der Waals surface area contributed by atoms with Crippen LogP contribution >= 0.6 is 11.3 Å². The van der Waals surface area contributed by atoms with E-state index < -0.39 is 0 Å². The predicted octanol–water partition coefficient (Wildman–Crippen LogP) is 4.67. The number of carbonyl (C=O) groups is 1. The van der Waals surface area contributed by atoms with Gasteiger partial charge < -0.3 is 14.1 Å². The number of methoxy groups -OCH3 is 1. The Kier molecular flexibility index (Phi) is 6.35. The average molecular weight is 476 g/mol. The molecule has 5 rings (SSSR count). The molecule has 9 heteroatoms. The molecule has 1 aromatic carbocycles. The number of nitrogens with zero attached hydrogens (tertiary/aromatic N) is 5. The van der Waals surface area contributed by atoms with Gasteiger partial charge >= 0.3 is 0 Å². The molecule has 8 nitrogen and oxygen atoms in total. The van der Waals surface area contributed by atoms with E-state index in [9.17, 15) is 4.79 Å². The second-order valence-electron chi connectivity index (χ2n) is 8.25. The molecule has 0 bridgehead atoms. The number of aryl methyl sites for hydroxylation is 3. The van der Waals surface area contributed by atoms with Gasteiger partial charge in [-0.2, -0.15) is 0 Å². The van der Waals surface area contributed by atoms with Crippen LogP contribution in [0.4, 0.5) is 0 Å². The van der Waals surface area contributed by atoms with Gasteiger partial charge in [0.1, 0.15) is 10.7 Å². The molecule has 0 N–H and O–H groups in total. The summed E-state index contributed by atoms with van der Waals surface area (Å²) in [5.41, 5.74) is 3.07. The molecule has 174 valence electrons. The molecule has 0 saturated carbocycles. The van der Waals surface area contributed by atoms with Gasteiger partial charge in [-0.25, -0.2) is 9.97 Å². The molecule has 1 aliphatic heterocycles. The number of aromatic nitrogens is 4. The smallest absolute Gasteiger partial charge is 0.273 e. The molecule has 1 unspecified atom stereocenters. The van der Waals surface area contributed by atoms with Gasteiger partial charge in [0.2, 0.25) is 17.7 Å². The van der Waals surface area contributed by atoms with Crippen molar-refractivity contribution in [2.45, 2.75) is 38.6 Å². The Balaban J connectivity index is 1.37. The molecule has 4 aromatic rings.